The molecule has 1 aliphatic heterocycles. The predicted octanol–water partition coefficient (Wildman–Crippen LogP) is 8.78. The van der Waals surface area contributed by atoms with Gasteiger partial charge >= 0.3 is 18.1 Å². The first kappa shape index (κ1) is 35.2. The maximum atomic E-state index is 13.2. The lowest BCUT2D eigenvalue weighted by Gasteiger charge is -2.37. The predicted molar refractivity (Wildman–Crippen MR) is 166 cm³/mol. The second kappa shape index (κ2) is 19.2. The SMILES string of the molecule is CCCCCCCCCCCCCCCc1cccc(OC(C)C)c1C1C(C(=O)OC)=C(C)NC(=O)N1C(=O)OCC. The minimum Gasteiger partial charge on any atom is -0.491 e. The average Bonchev–Trinajstić information content (AvgIpc) is 2.94. The molecule has 1 aliphatic rings. The average molecular weight is 587 g/mol. The van der Waals surface area contributed by atoms with Crippen LogP contribution in [0.25, 0.3) is 0 Å². The molecule has 0 saturated carbocycles. The summed E-state index contributed by atoms with van der Waals surface area (Å²) in [5.74, 6) is -0.0987. The van der Waals surface area contributed by atoms with Gasteiger partial charge in [-0.2, -0.15) is 0 Å². The molecule has 2 rings (SSSR count). The molecule has 8 nitrogen and oxygen atoms in total. The third kappa shape index (κ3) is 10.7. The fraction of sp³-hybridized carbons (Fsp3) is 0.676. The zero-order valence-corrected chi connectivity index (χ0v) is 26.9. The van der Waals surface area contributed by atoms with Crippen LogP contribution in [-0.4, -0.2) is 42.8 Å². The van der Waals surface area contributed by atoms with E-state index in [2.05, 4.69) is 12.2 Å². The van der Waals surface area contributed by atoms with E-state index in [1.54, 1.807) is 13.8 Å². The molecule has 236 valence electrons. The molecule has 3 amide bonds. The number of carbonyl (C=O) groups is 3. The fourth-order valence-corrected chi connectivity index (χ4v) is 5.58. The first-order valence-electron chi connectivity index (χ1n) is 16.1. The Hall–Kier alpha value is -3.03. The molecule has 0 aliphatic carbocycles. The zero-order chi connectivity index (χ0) is 30.9. The van der Waals surface area contributed by atoms with Crippen molar-refractivity contribution >= 4 is 18.1 Å². The van der Waals surface area contributed by atoms with Crippen LogP contribution in [-0.2, 0) is 20.7 Å². The zero-order valence-electron chi connectivity index (χ0n) is 26.9. The van der Waals surface area contributed by atoms with Crippen LogP contribution in [0.15, 0.2) is 29.5 Å². The Bertz CT molecular complexity index is 1030. The van der Waals surface area contributed by atoms with Crippen LogP contribution in [0.3, 0.4) is 0 Å². The van der Waals surface area contributed by atoms with Crippen molar-refractivity contribution < 1.29 is 28.6 Å². The number of esters is 1. The highest BCUT2D eigenvalue weighted by Gasteiger charge is 2.44. The number of hydrogen-bond acceptors (Lipinski definition) is 6. The van der Waals surface area contributed by atoms with Gasteiger partial charge in [0.05, 0.1) is 25.4 Å². The highest BCUT2D eigenvalue weighted by atomic mass is 16.6. The topological polar surface area (TPSA) is 94.2 Å². The van der Waals surface area contributed by atoms with E-state index < -0.39 is 24.1 Å². The number of amides is 3. The maximum Gasteiger partial charge on any atom is 0.418 e. The van der Waals surface area contributed by atoms with Gasteiger partial charge in [0.25, 0.3) is 0 Å². The van der Waals surface area contributed by atoms with E-state index in [1.807, 2.05) is 32.0 Å². The molecular weight excluding hydrogens is 532 g/mol. The molecule has 42 heavy (non-hydrogen) atoms. The summed E-state index contributed by atoms with van der Waals surface area (Å²) in [6.07, 6.45) is 16.2. The Balaban J connectivity index is 2.19. The molecule has 1 heterocycles. The Morgan fingerprint density at radius 2 is 1.48 bits per heavy atom. The molecule has 0 fully saturated rings. The maximum absolute atomic E-state index is 13.2. The van der Waals surface area contributed by atoms with E-state index in [-0.39, 0.29) is 18.3 Å². The van der Waals surface area contributed by atoms with Gasteiger partial charge < -0.3 is 19.5 Å². The monoisotopic (exact) mass is 586 g/mol. The molecule has 8 heteroatoms. The lowest BCUT2D eigenvalue weighted by Crippen LogP contribution is -2.51. The molecular formula is C34H54N2O6. The molecule has 1 unspecified atom stereocenters. The third-order valence-electron chi connectivity index (χ3n) is 7.66. The normalized spacial score (nSPS) is 15.2. The van der Waals surface area contributed by atoms with Crippen LogP contribution in [0.4, 0.5) is 9.59 Å². The summed E-state index contributed by atoms with van der Waals surface area (Å²) in [5.41, 5.74) is 2.06. The number of methoxy groups -OCH3 is 1. The van der Waals surface area contributed by atoms with Crippen molar-refractivity contribution in [3.8, 4) is 5.75 Å². The Kier molecular flexibility index (Phi) is 16.1. The molecule has 0 radical (unpaired) electrons. The lowest BCUT2D eigenvalue weighted by atomic mass is 9.88. The van der Waals surface area contributed by atoms with E-state index in [0.29, 0.717) is 17.0 Å². The molecule has 0 spiro atoms. The van der Waals surface area contributed by atoms with Gasteiger partial charge in [-0.25, -0.2) is 19.3 Å². The van der Waals surface area contributed by atoms with Gasteiger partial charge in [0.2, 0.25) is 0 Å². The number of rotatable bonds is 19. The number of urea groups is 1. The molecule has 1 aromatic rings. The molecule has 1 aromatic carbocycles. The van der Waals surface area contributed by atoms with Gasteiger partial charge in [0.15, 0.2) is 0 Å². The van der Waals surface area contributed by atoms with Crippen molar-refractivity contribution in [3.05, 3.63) is 40.6 Å². The van der Waals surface area contributed by atoms with Crippen LogP contribution in [0, 0.1) is 0 Å². The Morgan fingerprint density at radius 1 is 0.905 bits per heavy atom. The van der Waals surface area contributed by atoms with E-state index in [4.69, 9.17) is 14.2 Å². The summed E-state index contributed by atoms with van der Waals surface area (Å²) in [4.78, 5) is 40.3. The summed E-state index contributed by atoms with van der Waals surface area (Å²) in [6.45, 7) is 9.49. The van der Waals surface area contributed by atoms with Crippen LogP contribution in [0.2, 0.25) is 0 Å². The third-order valence-corrected chi connectivity index (χ3v) is 7.66. The highest BCUT2D eigenvalue weighted by molar-refractivity contribution is 6.00. The fourth-order valence-electron chi connectivity index (χ4n) is 5.58. The molecule has 1 atom stereocenters. The number of nitrogens with one attached hydrogen (secondary N) is 1. The Morgan fingerprint density at radius 3 is 2.00 bits per heavy atom. The van der Waals surface area contributed by atoms with Gasteiger partial charge in [-0.1, -0.05) is 96.1 Å². The summed E-state index contributed by atoms with van der Waals surface area (Å²) in [6, 6.07) is 4.03. The second-order valence-corrected chi connectivity index (χ2v) is 11.4. The number of hydrogen-bond donors (Lipinski definition) is 1. The number of imide groups is 1. The number of carbonyl (C=O) groups excluding carboxylic acids is 3. The lowest BCUT2D eigenvalue weighted by molar-refractivity contribution is -0.136. The first-order valence-corrected chi connectivity index (χ1v) is 16.1. The number of ether oxygens (including phenoxy) is 3. The van der Waals surface area contributed by atoms with Crippen molar-refractivity contribution in [2.75, 3.05) is 13.7 Å². The smallest absolute Gasteiger partial charge is 0.418 e. The number of benzene rings is 1. The second-order valence-electron chi connectivity index (χ2n) is 11.4. The highest BCUT2D eigenvalue weighted by Crippen LogP contribution is 2.42. The minimum atomic E-state index is -1.04. The summed E-state index contributed by atoms with van der Waals surface area (Å²) < 4.78 is 16.6. The van der Waals surface area contributed by atoms with E-state index >= 15 is 0 Å². The van der Waals surface area contributed by atoms with Gasteiger partial charge in [0, 0.05) is 11.3 Å². The van der Waals surface area contributed by atoms with Gasteiger partial charge in [-0.15, -0.1) is 0 Å². The minimum absolute atomic E-state index is 0.0849. The van der Waals surface area contributed by atoms with Gasteiger partial charge in [-0.05, 0) is 52.2 Å². The molecule has 0 bridgehead atoms. The van der Waals surface area contributed by atoms with Crippen LogP contribution >= 0.6 is 0 Å². The van der Waals surface area contributed by atoms with Crippen molar-refractivity contribution in [2.45, 2.75) is 137 Å². The number of unbranched alkanes of at least 4 members (excludes halogenated alkanes) is 12. The van der Waals surface area contributed by atoms with Gasteiger partial charge in [-0.3, -0.25) is 0 Å². The molecule has 0 saturated heterocycles. The largest absolute Gasteiger partial charge is 0.491 e. The Labute approximate surface area is 253 Å². The first-order chi connectivity index (χ1) is 20.3. The van der Waals surface area contributed by atoms with E-state index in [1.165, 1.54) is 77.7 Å². The van der Waals surface area contributed by atoms with Crippen molar-refractivity contribution in [1.82, 2.24) is 10.2 Å². The molecule has 0 aromatic heterocycles. The summed E-state index contributed by atoms with van der Waals surface area (Å²) in [5, 5.41) is 2.63. The van der Waals surface area contributed by atoms with Crippen LogP contribution in [0.5, 0.6) is 5.75 Å². The quantitative estimate of drug-likeness (QED) is 0.129. The summed E-state index contributed by atoms with van der Waals surface area (Å²) >= 11 is 0. The number of nitrogens with zero attached hydrogens (tertiary/aromatic N) is 1. The van der Waals surface area contributed by atoms with Crippen LogP contribution < -0.4 is 10.1 Å². The van der Waals surface area contributed by atoms with Gasteiger partial charge in [0.1, 0.15) is 11.8 Å². The van der Waals surface area contributed by atoms with Crippen LogP contribution in [0.1, 0.15) is 135 Å². The molecule has 1 N–H and O–H groups in total. The number of allylic oxidation sites excluding steroid dienone is 1. The number of aryl methyl sites for hydroxylation is 1. The standard InChI is InChI=1S/C34H54N2O6/c1-7-9-10-11-12-13-14-15-16-17-18-19-20-22-27-23-21-24-28(42-25(3)4)30(27)31-29(32(37)40-6)26(5)35-33(38)36(31)34(39)41-8-2/h21,23-25,31H,7-20,22H2,1-6H3,(H,35,38). The van der Waals surface area contributed by atoms with Crippen molar-refractivity contribution in [1.29, 1.82) is 0 Å². The van der Waals surface area contributed by atoms with E-state index in [0.717, 1.165) is 29.7 Å². The van der Waals surface area contributed by atoms with E-state index in [9.17, 15) is 14.4 Å². The van der Waals surface area contributed by atoms with Crippen molar-refractivity contribution in [3.63, 3.8) is 0 Å². The van der Waals surface area contributed by atoms with Crippen molar-refractivity contribution in [2.24, 2.45) is 0 Å². The summed E-state index contributed by atoms with van der Waals surface area (Å²) in [7, 11) is 1.29.